The monoisotopic (exact) mass is 348 g/mol. The van der Waals surface area contributed by atoms with Gasteiger partial charge in [-0.1, -0.05) is 81.1 Å². The molecular weight excluding hydrogens is 316 g/mol. The number of hydrogen-bond donors (Lipinski definition) is 1. The maximum absolute atomic E-state index is 11.4. The first-order valence-corrected chi connectivity index (χ1v) is 9.56. The molecule has 0 radical (unpaired) electrons. The normalized spacial score (nSPS) is 14.2. The molecule has 0 aromatic rings. The lowest BCUT2D eigenvalue weighted by Gasteiger charge is -2.21. The van der Waals surface area contributed by atoms with Crippen LogP contribution in [0.4, 0.5) is 0 Å². The average molecular weight is 349 g/mol. The molecule has 3 heteroatoms. The lowest BCUT2D eigenvalue weighted by molar-refractivity contribution is -0.142. The summed E-state index contributed by atoms with van der Waals surface area (Å²) >= 11 is 3.42. The topological polar surface area (TPSA) is 37.3 Å². The molecule has 0 aliphatic heterocycles. The van der Waals surface area contributed by atoms with Gasteiger partial charge in [-0.05, 0) is 25.2 Å². The van der Waals surface area contributed by atoms with E-state index < -0.39 is 5.97 Å². The molecule has 2 nitrogen and oxygen atoms in total. The number of halogens is 1. The maximum Gasteiger partial charge on any atom is 0.306 e. The highest BCUT2D eigenvalue weighted by Gasteiger charge is 2.21. The van der Waals surface area contributed by atoms with Gasteiger partial charge in [-0.3, -0.25) is 4.79 Å². The van der Waals surface area contributed by atoms with Crippen LogP contribution in [-0.4, -0.2) is 16.4 Å². The largest absolute Gasteiger partial charge is 0.481 e. The summed E-state index contributed by atoms with van der Waals surface area (Å²) in [5.41, 5.74) is 0. The van der Waals surface area contributed by atoms with Crippen LogP contribution < -0.4 is 0 Å². The van der Waals surface area contributed by atoms with Gasteiger partial charge in [0.05, 0.1) is 5.92 Å². The maximum atomic E-state index is 11.4. The average Bonchev–Trinajstić information content (AvgIpc) is 2.43. The molecule has 0 fully saturated rings. The van der Waals surface area contributed by atoms with E-state index in [0.717, 1.165) is 31.0 Å². The molecule has 0 saturated carbocycles. The molecule has 2 atom stereocenters. The van der Waals surface area contributed by atoms with Gasteiger partial charge in [-0.25, -0.2) is 0 Å². The van der Waals surface area contributed by atoms with Crippen molar-refractivity contribution in [2.24, 2.45) is 11.8 Å². The third kappa shape index (κ3) is 10.7. The van der Waals surface area contributed by atoms with Crippen LogP contribution in [0.5, 0.6) is 0 Å². The van der Waals surface area contributed by atoms with Gasteiger partial charge in [-0.15, -0.1) is 0 Å². The molecular formula is C17H33BrO2. The van der Waals surface area contributed by atoms with E-state index in [0.29, 0.717) is 5.92 Å². The number of rotatable bonds is 14. The van der Waals surface area contributed by atoms with Gasteiger partial charge in [-0.2, -0.15) is 0 Å². The van der Waals surface area contributed by atoms with Crippen LogP contribution in [0.2, 0.25) is 0 Å². The molecule has 0 aliphatic carbocycles. The van der Waals surface area contributed by atoms with Crippen LogP contribution in [-0.2, 0) is 4.79 Å². The van der Waals surface area contributed by atoms with E-state index in [1.54, 1.807) is 0 Å². The molecule has 0 rings (SSSR count). The minimum absolute atomic E-state index is 0.127. The minimum Gasteiger partial charge on any atom is -0.481 e. The van der Waals surface area contributed by atoms with Crippen LogP contribution >= 0.6 is 15.9 Å². The summed E-state index contributed by atoms with van der Waals surface area (Å²) in [5.74, 6) is -0.0966. The highest BCUT2D eigenvalue weighted by atomic mass is 79.9. The van der Waals surface area contributed by atoms with Crippen molar-refractivity contribution in [3.8, 4) is 0 Å². The van der Waals surface area contributed by atoms with Crippen molar-refractivity contribution in [3.63, 3.8) is 0 Å². The van der Waals surface area contributed by atoms with Crippen molar-refractivity contribution in [1.82, 2.24) is 0 Å². The van der Waals surface area contributed by atoms with Crippen LogP contribution in [0.3, 0.4) is 0 Å². The van der Waals surface area contributed by atoms with E-state index in [-0.39, 0.29) is 5.92 Å². The van der Waals surface area contributed by atoms with Crippen molar-refractivity contribution in [2.75, 3.05) is 5.33 Å². The summed E-state index contributed by atoms with van der Waals surface area (Å²) in [7, 11) is 0. The summed E-state index contributed by atoms with van der Waals surface area (Å²) in [4.78, 5) is 11.4. The first-order chi connectivity index (χ1) is 9.65. The second kappa shape index (κ2) is 13.9. The highest BCUT2D eigenvalue weighted by Crippen LogP contribution is 2.27. The van der Waals surface area contributed by atoms with Crippen molar-refractivity contribution in [2.45, 2.75) is 84.5 Å². The first kappa shape index (κ1) is 19.9. The molecule has 0 spiro atoms. The fraction of sp³-hybridized carbons (Fsp3) is 0.941. The van der Waals surface area contributed by atoms with Gasteiger partial charge in [0.2, 0.25) is 0 Å². The van der Waals surface area contributed by atoms with Gasteiger partial charge in [0.1, 0.15) is 0 Å². The molecule has 0 aromatic heterocycles. The molecule has 0 heterocycles. The molecule has 1 N–H and O–H groups in total. The van der Waals surface area contributed by atoms with E-state index >= 15 is 0 Å². The number of carboxylic acid groups (broad SMARTS) is 1. The van der Waals surface area contributed by atoms with Crippen LogP contribution in [0.25, 0.3) is 0 Å². The Morgan fingerprint density at radius 3 is 2.10 bits per heavy atom. The third-order valence-electron chi connectivity index (χ3n) is 4.09. The predicted molar refractivity (Wildman–Crippen MR) is 90.5 cm³/mol. The summed E-state index contributed by atoms with van der Waals surface area (Å²) < 4.78 is 0. The molecule has 0 bridgehead atoms. The van der Waals surface area contributed by atoms with Gasteiger partial charge in [0, 0.05) is 5.33 Å². The zero-order valence-electron chi connectivity index (χ0n) is 13.4. The van der Waals surface area contributed by atoms with Gasteiger partial charge < -0.3 is 5.11 Å². The molecule has 20 heavy (non-hydrogen) atoms. The van der Waals surface area contributed by atoms with Crippen LogP contribution in [0.15, 0.2) is 0 Å². The minimum atomic E-state index is -0.587. The van der Waals surface area contributed by atoms with Crippen molar-refractivity contribution >= 4 is 21.9 Å². The summed E-state index contributed by atoms with van der Waals surface area (Å²) in [5, 5.41) is 10.4. The molecule has 0 aromatic carbocycles. The van der Waals surface area contributed by atoms with Crippen molar-refractivity contribution < 1.29 is 9.90 Å². The molecule has 0 aliphatic rings. The summed E-state index contributed by atoms with van der Waals surface area (Å²) in [6.07, 6.45) is 12.5. The molecule has 0 saturated heterocycles. The highest BCUT2D eigenvalue weighted by molar-refractivity contribution is 9.09. The van der Waals surface area contributed by atoms with E-state index in [1.807, 2.05) is 0 Å². The number of carbonyl (C=O) groups is 1. The zero-order valence-corrected chi connectivity index (χ0v) is 15.0. The number of carboxylic acids is 1. The second-order valence-corrected chi connectivity index (χ2v) is 6.75. The Morgan fingerprint density at radius 2 is 1.55 bits per heavy atom. The Morgan fingerprint density at radius 1 is 0.950 bits per heavy atom. The Hall–Kier alpha value is -0.0500. The quantitative estimate of drug-likeness (QED) is 0.307. The first-order valence-electron chi connectivity index (χ1n) is 8.44. The van der Waals surface area contributed by atoms with E-state index in [2.05, 4.69) is 29.8 Å². The zero-order chi connectivity index (χ0) is 15.2. The van der Waals surface area contributed by atoms with Gasteiger partial charge >= 0.3 is 5.97 Å². The Bertz CT molecular complexity index is 231. The van der Waals surface area contributed by atoms with E-state index in [9.17, 15) is 9.90 Å². The lowest BCUT2D eigenvalue weighted by Crippen LogP contribution is -2.18. The SMILES string of the molecule is CCCCCC(CCCC)CC(CCCCBr)C(=O)O. The standard InChI is InChI=1S/C17H33BrO2/c1-3-5-7-11-15(10-6-4-2)14-16(17(19)20)12-8-9-13-18/h15-16H,3-14H2,1-2H3,(H,19,20). The Labute approximate surface area is 133 Å². The molecule has 120 valence electrons. The van der Waals surface area contributed by atoms with Crippen molar-refractivity contribution in [3.05, 3.63) is 0 Å². The van der Waals surface area contributed by atoms with E-state index in [1.165, 1.54) is 44.9 Å². The van der Waals surface area contributed by atoms with Crippen LogP contribution in [0, 0.1) is 11.8 Å². The van der Waals surface area contributed by atoms with Crippen molar-refractivity contribution in [1.29, 1.82) is 0 Å². The summed E-state index contributed by atoms with van der Waals surface area (Å²) in [6, 6.07) is 0. The fourth-order valence-corrected chi connectivity index (χ4v) is 3.18. The lowest BCUT2D eigenvalue weighted by atomic mass is 9.84. The predicted octanol–water partition coefficient (Wildman–Crippen LogP) is 6.03. The second-order valence-electron chi connectivity index (χ2n) is 5.96. The van der Waals surface area contributed by atoms with Crippen LogP contribution in [0.1, 0.15) is 84.5 Å². The van der Waals surface area contributed by atoms with Gasteiger partial charge in [0.25, 0.3) is 0 Å². The molecule has 0 amide bonds. The van der Waals surface area contributed by atoms with E-state index in [4.69, 9.17) is 0 Å². The summed E-state index contributed by atoms with van der Waals surface area (Å²) in [6.45, 7) is 4.44. The number of alkyl halides is 1. The Balaban J connectivity index is 4.25. The third-order valence-corrected chi connectivity index (χ3v) is 4.65. The molecule has 2 unspecified atom stereocenters. The van der Waals surface area contributed by atoms with Gasteiger partial charge in [0.15, 0.2) is 0 Å². The number of hydrogen-bond acceptors (Lipinski definition) is 1. The Kier molecular flexibility index (Phi) is 13.9. The smallest absolute Gasteiger partial charge is 0.306 e. The number of aliphatic carboxylic acids is 1. The fourth-order valence-electron chi connectivity index (χ4n) is 2.79. The number of unbranched alkanes of at least 4 members (excludes halogenated alkanes) is 4.